The van der Waals surface area contributed by atoms with Gasteiger partial charge in [-0.05, 0) is 12.1 Å². The number of hydrogen-bond acceptors (Lipinski definition) is 6. The number of aromatic nitrogens is 6. The molecule has 0 saturated heterocycles. The highest BCUT2D eigenvalue weighted by molar-refractivity contribution is 7.89. The Hall–Kier alpha value is -2.29. The fourth-order valence-corrected chi connectivity index (χ4v) is 2.02. The predicted molar refractivity (Wildman–Crippen MR) is 62.2 cm³/mol. The van der Waals surface area contributed by atoms with Gasteiger partial charge in [0, 0.05) is 5.56 Å². The van der Waals surface area contributed by atoms with Crippen molar-refractivity contribution >= 4 is 15.7 Å². The van der Waals surface area contributed by atoms with Crippen molar-refractivity contribution in [3.8, 4) is 11.3 Å². The van der Waals surface area contributed by atoms with E-state index in [-0.39, 0.29) is 0 Å². The van der Waals surface area contributed by atoms with Crippen molar-refractivity contribution in [2.75, 3.05) is 6.26 Å². The highest BCUT2D eigenvalue weighted by Crippen LogP contribution is 2.16. The second-order valence-electron chi connectivity index (χ2n) is 3.72. The van der Waals surface area contributed by atoms with E-state index in [1.807, 2.05) is 0 Å². The summed E-state index contributed by atoms with van der Waals surface area (Å²) in [7, 11) is -3.38. The minimum Gasteiger partial charge on any atom is -0.205 e. The van der Waals surface area contributed by atoms with Crippen LogP contribution in [0.25, 0.3) is 16.9 Å². The van der Waals surface area contributed by atoms with E-state index in [1.165, 1.54) is 23.2 Å². The summed E-state index contributed by atoms with van der Waals surface area (Å²) in [5.74, 6) is 0. The Labute approximate surface area is 102 Å². The Morgan fingerprint density at radius 2 is 2.11 bits per heavy atom. The molecule has 0 bridgehead atoms. The molecule has 0 radical (unpaired) electrons. The highest BCUT2D eigenvalue weighted by Gasteiger charge is 2.10. The van der Waals surface area contributed by atoms with Gasteiger partial charge in [0.1, 0.15) is 6.33 Å². The molecule has 0 N–H and O–H groups in total. The Morgan fingerprint density at radius 1 is 1.28 bits per heavy atom. The third-order valence-electron chi connectivity index (χ3n) is 2.36. The van der Waals surface area contributed by atoms with Gasteiger partial charge in [0.25, 0.3) is 10.0 Å². The molecule has 0 saturated carbocycles. The van der Waals surface area contributed by atoms with E-state index in [0.29, 0.717) is 16.9 Å². The van der Waals surface area contributed by atoms with Crippen molar-refractivity contribution in [1.82, 2.24) is 29.0 Å². The lowest BCUT2D eigenvalue weighted by Gasteiger charge is -1.97. The van der Waals surface area contributed by atoms with Gasteiger partial charge in [-0.2, -0.15) is 18.8 Å². The molecule has 3 aromatic rings. The van der Waals surface area contributed by atoms with E-state index in [9.17, 15) is 8.42 Å². The largest absolute Gasteiger partial charge is 0.250 e. The second kappa shape index (κ2) is 3.60. The first-order valence-electron chi connectivity index (χ1n) is 4.97. The van der Waals surface area contributed by atoms with Crippen LogP contribution in [0.4, 0.5) is 0 Å². The molecule has 3 aromatic heterocycles. The summed E-state index contributed by atoms with van der Waals surface area (Å²) >= 11 is 0. The first-order chi connectivity index (χ1) is 8.54. The average Bonchev–Trinajstić information content (AvgIpc) is 2.96. The van der Waals surface area contributed by atoms with E-state index >= 15 is 0 Å². The first kappa shape index (κ1) is 10.8. The topological polar surface area (TPSA) is 95.0 Å². The number of nitrogens with zero attached hydrogens (tertiary/aromatic N) is 6. The fourth-order valence-electron chi connectivity index (χ4n) is 1.50. The SMILES string of the molecule is CS(=O)(=O)n1cc(-c2ccc3nncn3n2)cn1. The molecule has 0 fully saturated rings. The Balaban J connectivity index is 2.11. The smallest absolute Gasteiger partial charge is 0.205 e. The van der Waals surface area contributed by atoms with Crippen molar-refractivity contribution in [2.45, 2.75) is 0 Å². The van der Waals surface area contributed by atoms with Crippen LogP contribution in [0, 0.1) is 0 Å². The molecule has 92 valence electrons. The summed E-state index contributed by atoms with van der Waals surface area (Å²) in [5, 5.41) is 15.6. The summed E-state index contributed by atoms with van der Waals surface area (Å²) in [6, 6.07) is 3.47. The molecule has 0 aliphatic heterocycles. The Bertz CT molecular complexity index is 818. The third-order valence-corrected chi connectivity index (χ3v) is 3.24. The summed E-state index contributed by atoms with van der Waals surface area (Å²) < 4.78 is 25.0. The van der Waals surface area contributed by atoms with Gasteiger partial charge < -0.3 is 0 Å². The van der Waals surface area contributed by atoms with Crippen LogP contribution >= 0.6 is 0 Å². The summed E-state index contributed by atoms with van der Waals surface area (Å²) in [6.07, 6.45) is 5.41. The Kier molecular flexibility index (Phi) is 2.17. The zero-order valence-corrected chi connectivity index (χ0v) is 10.1. The standard InChI is InChI=1S/C9H8N6O2S/c1-18(16,17)15-5-7(4-11-15)8-2-3-9-12-10-6-14(9)13-8/h2-6H,1H3. The highest BCUT2D eigenvalue weighted by atomic mass is 32.2. The van der Waals surface area contributed by atoms with Gasteiger partial charge in [-0.15, -0.1) is 10.2 Å². The van der Waals surface area contributed by atoms with Gasteiger partial charge in [-0.1, -0.05) is 0 Å². The van der Waals surface area contributed by atoms with Gasteiger partial charge >= 0.3 is 0 Å². The van der Waals surface area contributed by atoms with Crippen molar-refractivity contribution < 1.29 is 8.42 Å². The van der Waals surface area contributed by atoms with Gasteiger partial charge in [0.15, 0.2) is 5.65 Å². The van der Waals surface area contributed by atoms with Gasteiger partial charge in [-0.3, -0.25) is 0 Å². The average molecular weight is 264 g/mol. The van der Waals surface area contributed by atoms with Crippen LogP contribution in [0.2, 0.25) is 0 Å². The van der Waals surface area contributed by atoms with Crippen LogP contribution in [-0.2, 0) is 10.0 Å². The van der Waals surface area contributed by atoms with E-state index in [2.05, 4.69) is 20.4 Å². The molecular formula is C9H8N6O2S. The van der Waals surface area contributed by atoms with E-state index in [0.717, 1.165) is 10.3 Å². The maximum absolute atomic E-state index is 11.3. The maximum Gasteiger partial charge on any atom is 0.250 e. The molecule has 0 atom stereocenters. The van der Waals surface area contributed by atoms with Crippen LogP contribution in [0.3, 0.4) is 0 Å². The Morgan fingerprint density at radius 3 is 2.83 bits per heavy atom. The minimum atomic E-state index is -3.38. The lowest BCUT2D eigenvalue weighted by Crippen LogP contribution is -2.09. The monoisotopic (exact) mass is 264 g/mol. The lowest BCUT2D eigenvalue weighted by molar-refractivity contribution is 0.586. The molecule has 0 aromatic carbocycles. The zero-order valence-electron chi connectivity index (χ0n) is 9.29. The van der Waals surface area contributed by atoms with Gasteiger partial charge in [0.2, 0.25) is 0 Å². The van der Waals surface area contributed by atoms with Crippen molar-refractivity contribution in [1.29, 1.82) is 0 Å². The number of hydrogen-bond donors (Lipinski definition) is 0. The quantitative estimate of drug-likeness (QED) is 0.636. The van der Waals surface area contributed by atoms with Gasteiger partial charge in [-0.25, -0.2) is 8.42 Å². The normalized spacial score (nSPS) is 12.1. The molecule has 18 heavy (non-hydrogen) atoms. The molecule has 0 spiro atoms. The zero-order chi connectivity index (χ0) is 12.8. The third kappa shape index (κ3) is 1.74. The van der Waals surface area contributed by atoms with E-state index in [1.54, 1.807) is 12.1 Å². The van der Waals surface area contributed by atoms with Crippen LogP contribution in [-0.4, -0.2) is 43.7 Å². The fraction of sp³-hybridized carbons (Fsp3) is 0.111. The van der Waals surface area contributed by atoms with Crippen LogP contribution in [0.15, 0.2) is 30.9 Å². The summed E-state index contributed by atoms with van der Waals surface area (Å²) in [5.41, 5.74) is 1.82. The minimum absolute atomic E-state index is 0.595. The lowest BCUT2D eigenvalue weighted by atomic mass is 10.2. The molecule has 9 heteroatoms. The molecule has 8 nitrogen and oxygen atoms in total. The summed E-state index contributed by atoms with van der Waals surface area (Å²) in [4.78, 5) is 0. The van der Waals surface area contributed by atoms with Crippen molar-refractivity contribution in [3.05, 3.63) is 30.9 Å². The molecule has 0 unspecified atom stereocenters. The second-order valence-corrected chi connectivity index (χ2v) is 5.56. The van der Waals surface area contributed by atoms with E-state index < -0.39 is 10.0 Å². The van der Waals surface area contributed by atoms with Gasteiger partial charge in [0.05, 0.1) is 24.3 Å². The number of rotatable bonds is 2. The molecule has 0 aliphatic rings. The van der Waals surface area contributed by atoms with Crippen LogP contribution in [0.1, 0.15) is 0 Å². The van der Waals surface area contributed by atoms with Crippen LogP contribution < -0.4 is 0 Å². The molecule has 3 heterocycles. The maximum atomic E-state index is 11.3. The van der Waals surface area contributed by atoms with Crippen molar-refractivity contribution in [3.63, 3.8) is 0 Å². The first-order valence-corrected chi connectivity index (χ1v) is 6.81. The predicted octanol–water partition coefficient (Wildman–Crippen LogP) is -0.205. The number of fused-ring (bicyclic) bond motifs is 1. The van der Waals surface area contributed by atoms with Crippen molar-refractivity contribution in [2.24, 2.45) is 0 Å². The molecule has 0 aliphatic carbocycles. The molecule has 0 amide bonds. The summed E-state index contributed by atoms with van der Waals surface area (Å²) in [6.45, 7) is 0. The van der Waals surface area contributed by atoms with Crippen LogP contribution in [0.5, 0.6) is 0 Å². The molecular weight excluding hydrogens is 256 g/mol. The van der Waals surface area contributed by atoms with E-state index in [4.69, 9.17) is 0 Å². The molecule has 3 rings (SSSR count).